The van der Waals surface area contributed by atoms with Gasteiger partial charge in [0.2, 0.25) is 0 Å². The zero-order chi connectivity index (χ0) is 11.8. The molecule has 1 aliphatic rings. The van der Waals surface area contributed by atoms with Crippen molar-refractivity contribution in [2.75, 3.05) is 0 Å². The normalized spacial score (nSPS) is 16.3. The van der Waals surface area contributed by atoms with Crippen LogP contribution >= 0.6 is 17.0 Å². The second-order valence-corrected chi connectivity index (χ2v) is 7.54. The summed E-state index contributed by atoms with van der Waals surface area (Å²) >= 11 is -0.826. The van der Waals surface area contributed by atoms with Gasteiger partial charge in [-0.1, -0.05) is 56.2 Å². The number of hydrogen-bond acceptors (Lipinski definition) is 0. The molecule has 0 aromatic heterocycles. The van der Waals surface area contributed by atoms with Crippen LogP contribution in [0.2, 0.25) is 0 Å². The van der Waals surface area contributed by atoms with E-state index >= 15 is 0 Å². The van der Waals surface area contributed by atoms with Crippen LogP contribution in [0.25, 0.3) is 6.08 Å². The van der Waals surface area contributed by atoms with Crippen LogP contribution in [0.15, 0.2) is 30.3 Å². The standard InChI is InChI=1S/C13H16.2ClH.Zr/c1-2-3-6-11-9-10-12-7-4-5-8-13(11)12;;;/h4-5,7-11H,2-3,6H2,1H3;2*1H;/q;;;+2/p-2. The van der Waals surface area contributed by atoms with Crippen molar-refractivity contribution in [2.24, 2.45) is 0 Å². The van der Waals surface area contributed by atoms with Crippen molar-refractivity contribution in [3.63, 3.8) is 0 Å². The molecule has 0 bridgehead atoms. The van der Waals surface area contributed by atoms with Gasteiger partial charge in [0, 0.05) is 5.92 Å². The molecule has 0 saturated heterocycles. The summed E-state index contributed by atoms with van der Waals surface area (Å²) in [5.41, 5.74) is 2.94. The van der Waals surface area contributed by atoms with Crippen molar-refractivity contribution in [3.05, 3.63) is 41.5 Å². The maximum atomic E-state index is 4.93. The van der Waals surface area contributed by atoms with E-state index in [0.29, 0.717) is 5.92 Å². The fourth-order valence-electron chi connectivity index (χ4n) is 2.00. The van der Waals surface area contributed by atoms with Crippen LogP contribution in [0.5, 0.6) is 0 Å². The van der Waals surface area contributed by atoms with Gasteiger partial charge in [-0.2, -0.15) is 0 Å². The van der Waals surface area contributed by atoms with E-state index < -0.39 is 20.8 Å². The number of allylic oxidation sites excluding steroid dienone is 1. The molecular weight excluding hydrogens is 318 g/mol. The third-order valence-corrected chi connectivity index (χ3v) is 2.77. The van der Waals surface area contributed by atoms with Gasteiger partial charge in [0.1, 0.15) is 0 Å². The van der Waals surface area contributed by atoms with E-state index in [1.807, 2.05) is 0 Å². The van der Waals surface area contributed by atoms with E-state index in [1.165, 1.54) is 30.4 Å². The van der Waals surface area contributed by atoms with Gasteiger partial charge in [-0.25, -0.2) is 0 Å². The Kier molecular flexibility index (Phi) is 7.70. The molecule has 16 heavy (non-hydrogen) atoms. The van der Waals surface area contributed by atoms with Crippen LogP contribution in [0, 0.1) is 0 Å². The molecule has 3 heteroatoms. The van der Waals surface area contributed by atoms with Crippen molar-refractivity contribution in [1.29, 1.82) is 0 Å². The maximum absolute atomic E-state index is 4.93. The first-order valence-corrected chi connectivity index (χ1v) is 11.9. The van der Waals surface area contributed by atoms with Gasteiger partial charge in [-0.3, -0.25) is 0 Å². The minimum atomic E-state index is -0.826. The van der Waals surface area contributed by atoms with E-state index in [1.54, 1.807) is 0 Å². The van der Waals surface area contributed by atoms with Crippen LogP contribution in [-0.2, 0) is 20.8 Å². The summed E-state index contributed by atoms with van der Waals surface area (Å²) in [6, 6.07) is 8.73. The summed E-state index contributed by atoms with van der Waals surface area (Å²) in [6.45, 7) is 2.25. The average Bonchev–Trinajstić information content (AvgIpc) is 2.71. The molecule has 1 aromatic carbocycles. The van der Waals surface area contributed by atoms with E-state index in [-0.39, 0.29) is 0 Å². The van der Waals surface area contributed by atoms with Crippen LogP contribution in [0.1, 0.15) is 43.2 Å². The van der Waals surface area contributed by atoms with E-state index in [2.05, 4.69) is 43.3 Å². The third-order valence-electron chi connectivity index (χ3n) is 2.77. The molecule has 0 saturated carbocycles. The van der Waals surface area contributed by atoms with E-state index in [0.717, 1.165) is 0 Å². The number of rotatable bonds is 3. The van der Waals surface area contributed by atoms with Crippen molar-refractivity contribution in [2.45, 2.75) is 32.1 Å². The zero-order valence-corrected chi connectivity index (χ0v) is 13.4. The van der Waals surface area contributed by atoms with Crippen molar-refractivity contribution < 1.29 is 20.8 Å². The Balaban J connectivity index is 0.000000386. The van der Waals surface area contributed by atoms with Gasteiger partial charge >= 0.3 is 37.9 Å². The number of unbranched alkanes of at least 4 members (excludes halogenated alkanes) is 1. The molecule has 86 valence electrons. The molecular formula is C13H16Cl2Zr. The summed E-state index contributed by atoms with van der Waals surface area (Å²) in [5, 5.41) is 0. The number of halogens is 2. The molecule has 0 nitrogen and oxygen atoms in total. The molecule has 0 N–H and O–H groups in total. The number of hydrogen-bond donors (Lipinski definition) is 0. The molecule has 0 heterocycles. The first-order valence-electron chi connectivity index (χ1n) is 5.56. The van der Waals surface area contributed by atoms with Crippen molar-refractivity contribution in [3.8, 4) is 0 Å². The summed E-state index contributed by atoms with van der Waals surface area (Å²) in [7, 11) is 9.87. The minimum absolute atomic E-state index is 0.691. The van der Waals surface area contributed by atoms with Gasteiger partial charge in [-0.05, 0) is 17.5 Å². The fraction of sp³-hybridized carbons (Fsp3) is 0.385. The Morgan fingerprint density at radius 3 is 2.62 bits per heavy atom. The van der Waals surface area contributed by atoms with Gasteiger partial charge in [0.15, 0.2) is 0 Å². The van der Waals surface area contributed by atoms with E-state index in [9.17, 15) is 0 Å². The summed E-state index contributed by atoms with van der Waals surface area (Å²) in [5.74, 6) is 0.691. The quantitative estimate of drug-likeness (QED) is 0.698. The van der Waals surface area contributed by atoms with Crippen molar-refractivity contribution >= 4 is 23.1 Å². The summed E-state index contributed by atoms with van der Waals surface area (Å²) in [4.78, 5) is 0. The van der Waals surface area contributed by atoms with Gasteiger partial charge in [0.25, 0.3) is 0 Å². The van der Waals surface area contributed by atoms with Crippen LogP contribution in [-0.4, -0.2) is 0 Å². The summed E-state index contributed by atoms with van der Waals surface area (Å²) in [6.07, 6.45) is 8.55. The molecule has 2 rings (SSSR count). The van der Waals surface area contributed by atoms with Crippen LogP contribution in [0.3, 0.4) is 0 Å². The average molecular weight is 334 g/mol. The first-order chi connectivity index (χ1) is 7.83. The van der Waals surface area contributed by atoms with Crippen molar-refractivity contribution in [1.82, 2.24) is 0 Å². The van der Waals surface area contributed by atoms with Crippen LogP contribution < -0.4 is 0 Å². The second-order valence-electron chi connectivity index (χ2n) is 3.81. The van der Waals surface area contributed by atoms with Gasteiger partial charge in [0.05, 0.1) is 0 Å². The SMILES string of the molecule is CCCCC1C=Cc2ccccc21.[Cl][Zr][Cl]. The fourth-order valence-corrected chi connectivity index (χ4v) is 2.00. The predicted molar refractivity (Wildman–Crippen MR) is 69.4 cm³/mol. The molecule has 0 spiro atoms. The molecule has 1 aliphatic carbocycles. The number of fused-ring (bicyclic) bond motifs is 1. The predicted octanol–water partition coefficient (Wildman–Crippen LogP) is 5.36. The Bertz CT molecular complexity index is 336. The molecule has 1 unspecified atom stereocenters. The topological polar surface area (TPSA) is 0 Å². The number of benzene rings is 1. The van der Waals surface area contributed by atoms with E-state index in [4.69, 9.17) is 17.0 Å². The summed E-state index contributed by atoms with van der Waals surface area (Å²) < 4.78 is 0. The van der Waals surface area contributed by atoms with Gasteiger partial charge in [-0.15, -0.1) is 0 Å². The molecule has 0 radical (unpaired) electrons. The first kappa shape index (κ1) is 14.5. The van der Waals surface area contributed by atoms with Crippen LogP contribution in [0.4, 0.5) is 0 Å². The third kappa shape index (κ3) is 4.36. The Hall–Kier alpha value is 0.423. The molecule has 1 atom stereocenters. The molecule has 0 amide bonds. The Morgan fingerprint density at radius 1 is 1.25 bits per heavy atom. The Morgan fingerprint density at radius 2 is 1.94 bits per heavy atom. The van der Waals surface area contributed by atoms with Gasteiger partial charge < -0.3 is 0 Å². The molecule has 0 aliphatic heterocycles. The second kappa shape index (κ2) is 8.50. The molecule has 0 fully saturated rings. The zero-order valence-electron chi connectivity index (χ0n) is 9.42. The monoisotopic (exact) mass is 332 g/mol. The Labute approximate surface area is 117 Å². The molecule has 1 aromatic rings.